The zero-order valence-electron chi connectivity index (χ0n) is 13.5. The molecule has 1 heterocycles. The second kappa shape index (κ2) is 7.76. The first-order valence-corrected chi connectivity index (χ1v) is 8.10. The molecule has 0 aromatic heterocycles. The van der Waals surface area contributed by atoms with Crippen LogP contribution in [0.4, 0.5) is 10.1 Å². The van der Waals surface area contributed by atoms with E-state index >= 15 is 0 Å². The maximum Gasteiger partial charge on any atom is 0.146 e. The molecule has 1 aliphatic rings. The third-order valence-electron chi connectivity index (χ3n) is 4.41. The number of hydrogen-bond donors (Lipinski definition) is 1. The van der Waals surface area contributed by atoms with Crippen molar-refractivity contribution < 1.29 is 4.39 Å². The number of likely N-dealkylation sites (tertiary alicyclic amines) is 1. The molecule has 3 nitrogen and oxygen atoms in total. The monoisotopic (exact) mass is 293 g/mol. The van der Waals surface area contributed by atoms with Crippen LogP contribution in [0.5, 0.6) is 0 Å². The number of halogens is 1. The van der Waals surface area contributed by atoms with Crippen LogP contribution in [0.3, 0.4) is 0 Å². The average molecular weight is 293 g/mol. The highest BCUT2D eigenvalue weighted by Crippen LogP contribution is 2.26. The summed E-state index contributed by atoms with van der Waals surface area (Å²) < 4.78 is 14.3. The van der Waals surface area contributed by atoms with Gasteiger partial charge >= 0.3 is 0 Å². The molecule has 0 saturated carbocycles. The zero-order chi connectivity index (χ0) is 15.2. The molecule has 1 atom stereocenters. The van der Waals surface area contributed by atoms with Crippen LogP contribution in [-0.2, 0) is 6.54 Å². The largest absolute Gasteiger partial charge is 0.370 e. The van der Waals surface area contributed by atoms with Crippen molar-refractivity contribution in [2.24, 2.45) is 0 Å². The number of benzene rings is 1. The first-order chi connectivity index (χ1) is 10.2. The molecule has 0 radical (unpaired) electrons. The lowest BCUT2D eigenvalue weighted by Gasteiger charge is -2.30. The molecule has 1 aromatic carbocycles. The lowest BCUT2D eigenvalue weighted by atomic mass is 10.1. The predicted octanol–water partition coefficient (Wildman–Crippen LogP) is 2.86. The maximum absolute atomic E-state index is 14.3. The summed E-state index contributed by atoms with van der Waals surface area (Å²) in [5.41, 5.74) is 1.79. The Morgan fingerprint density at radius 2 is 2.19 bits per heavy atom. The Balaban J connectivity index is 2.12. The van der Waals surface area contributed by atoms with Crippen LogP contribution in [0.1, 0.15) is 32.3 Å². The van der Waals surface area contributed by atoms with Crippen molar-refractivity contribution in [1.29, 1.82) is 0 Å². The maximum atomic E-state index is 14.3. The third-order valence-corrected chi connectivity index (χ3v) is 4.41. The smallest absolute Gasteiger partial charge is 0.146 e. The molecule has 1 aromatic rings. The van der Waals surface area contributed by atoms with E-state index in [1.165, 1.54) is 19.4 Å². The lowest BCUT2D eigenvalue weighted by Crippen LogP contribution is -2.39. The summed E-state index contributed by atoms with van der Waals surface area (Å²) in [5, 5.41) is 3.30. The minimum absolute atomic E-state index is 0.117. The molecule has 0 amide bonds. The summed E-state index contributed by atoms with van der Waals surface area (Å²) in [5.74, 6) is -0.117. The molecule has 0 aliphatic carbocycles. The average Bonchev–Trinajstić information content (AvgIpc) is 2.92. The van der Waals surface area contributed by atoms with Crippen LogP contribution >= 0.6 is 0 Å². The standard InChI is InChI=1S/C17H28FN3/c1-4-19-12-14-8-6-10-16(18)17(14)20(3)13-15-9-7-11-21(15)5-2/h6,8,10,15,19H,4-5,7,9,11-13H2,1-3H3. The predicted molar refractivity (Wildman–Crippen MR) is 87.3 cm³/mol. The van der Waals surface area contributed by atoms with Gasteiger partial charge in [0.05, 0.1) is 5.69 Å². The zero-order valence-corrected chi connectivity index (χ0v) is 13.5. The van der Waals surface area contributed by atoms with Crippen LogP contribution in [0.2, 0.25) is 0 Å². The van der Waals surface area contributed by atoms with Gasteiger partial charge in [-0.25, -0.2) is 4.39 Å². The van der Waals surface area contributed by atoms with Crippen LogP contribution in [0, 0.1) is 5.82 Å². The van der Waals surface area contributed by atoms with Crippen molar-refractivity contribution in [3.8, 4) is 0 Å². The molecule has 21 heavy (non-hydrogen) atoms. The van der Waals surface area contributed by atoms with Gasteiger partial charge in [-0.05, 0) is 44.1 Å². The van der Waals surface area contributed by atoms with Gasteiger partial charge in [0.25, 0.3) is 0 Å². The number of nitrogens with one attached hydrogen (secondary N) is 1. The van der Waals surface area contributed by atoms with E-state index in [1.54, 1.807) is 12.1 Å². The van der Waals surface area contributed by atoms with Crippen molar-refractivity contribution in [2.45, 2.75) is 39.3 Å². The molecule has 1 aliphatic heterocycles. The number of rotatable bonds is 7. The SMILES string of the molecule is CCNCc1cccc(F)c1N(C)CC1CCCN1CC. The molecule has 1 unspecified atom stereocenters. The van der Waals surface area contributed by atoms with Gasteiger partial charge in [0.15, 0.2) is 0 Å². The van der Waals surface area contributed by atoms with Crippen molar-refractivity contribution in [2.75, 3.05) is 38.1 Å². The molecule has 4 heteroatoms. The third kappa shape index (κ3) is 3.95. The Labute approximate surface area is 128 Å². The van der Waals surface area contributed by atoms with Gasteiger partial charge in [0.1, 0.15) is 5.82 Å². The Kier molecular flexibility index (Phi) is 6.00. The van der Waals surface area contributed by atoms with Crippen LogP contribution in [0.15, 0.2) is 18.2 Å². The first kappa shape index (κ1) is 16.2. The molecule has 0 spiro atoms. The topological polar surface area (TPSA) is 18.5 Å². The van der Waals surface area contributed by atoms with Crippen LogP contribution in [0.25, 0.3) is 0 Å². The molecular formula is C17H28FN3. The minimum Gasteiger partial charge on any atom is -0.370 e. The van der Waals surface area contributed by atoms with Gasteiger partial charge < -0.3 is 10.2 Å². The van der Waals surface area contributed by atoms with E-state index in [9.17, 15) is 4.39 Å². The van der Waals surface area contributed by atoms with E-state index in [2.05, 4.69) is 29.0 Å². The van der Waals surface area contributed by atoms with E-state index in [1.807, 2.05) is 13.1 Å². The number of nitrogens with zero attached hydrogens (tertiary/aromatic N) is 2. The minimum atomic E-state index is -0.117. The molecule has 0 bridgehead atoms. The molecule has 1 saturated heterocycles. The Morgan fingerprint density at radius 1 is 1.38 bits per heavy atom. The quantitative estimate of drug-likeness (QED) is 0.834. The fourth-order valence-corrected chi connectivity index (χ4v) is 3.32. The summed E-state index contributed by atoms with van der Waals surface area (Å²) in [6.07, 6.45) is 2.48. The van der Waals surface area contributed by atoms with Gasteiger partial charge in [-0.1, -0.05) is 26.0 Å². The molecule has 118 valence electrons. The van der Waals surface area contributed by atoms with Crippen molar-refractivity contribution in [1.82, 2.24) is 10.2 Å². The highest BCUT2D eigenvalue weighted by molar-refractivity contribution is 5.54. The Bertz CT molecular complexity index is 450. The summed E-state index contributed by atoms with van der Waals surface area (Å²) in [6, 6.07) is 5.93. The van der Waals surface area contributed by atoms with Crippen LogP contribution in [-0.4, -0.2) is 44.2 Å². The number of likely N-dealkylation sites (N-methyl/N-ethyl adjacent to an activating group) is 2. The van der Waals surface area contributed by atoms with Crippen molar-refractivity contribution in [3.63, 3.8) is 0 Å². The number of hydrogen-bond acceptors (Lipinski definition) is 3. The van der Waals surface area contributed by atoms with Gasteiger partial charge in [0.2, 0.25) is 0 Å². The second-order valence-electron chi connectivity index (χ2n) is 5.83. The van der Waals surface area contributed by atoms with Gasteiger partial charge in [-0.2, -0.15) is 0 Å². The summed E-state index contributed by atoms with van der Waals surface area (Å²) in [6.45, 7) is 9.05. The molecule has 1 fully saturated rings. The van der Waals surface area contributed by atoms with Gasteiger partial charge in [-0.15, -0.1) is 0 Å². The molecule has 1 N–H and O–H groups in total. The van der Waals surface area contributed by atoms with Gasteiger partial charge in [-0.3, -0.25) is 4.90 Å². The van der Waals surface area contributed by atoms with Crippen molar-refractivity contribution in [3.05, 3.63) is 29.6 Å². The Hall–Kier alpha value is -1.13. The highest BCUT2D eigenvalue weighted by atomic mass is 19.1. The first-order valence-electron chi connectivity index (χ1n) is 8.10. The van der Waals surface area contributed by atoms with Crippen LogP contribution < -0.4 is 10.2 Å². The van der Waals surface area contributed by atoms with E-state index in [-0.39, 0.29) is 5.82 Å². The van der Waals surface area contributed by atoms with Gasteiger partial charge in [0, 0.05) is 26.2 Å². The number of anilines is 1. The second-order valence-corrected chi connectivity index (χ2v) is 5.83. The van der Waals surface area contributed by atoms with Crippen molar-refractivity contribution >= 4 is 5.69 Å². The van der Waals surface area contributed by atoms with E-state index < -0.39 is 0 Å². The van der Waals surface area contributed by atoms with E-state index in [0.29, 0.717) is 6.04 Å². The highest BCUT2D eigenvalue weighted by Gasteiger charge is 2.25. The fourth-order valence-electron chi connectivity index (χ4n) is 3.32. The summed E-state index contributed by atoms with van der Waals surface area (Å²) in [7, 11) is 2.01. The summed E-state index contributed by atoms with van der Waals surface area (Å²) in [4.78, 5) is 4.60. The molecular weight excluding hydrogens is 265 g/mol. The molecule has 2 rings (SSSR count). The lowest BCUT2D eigenvalue weighted by molar-refractivity contribution is 0.270. The number of para-hydroxylation sites is 1. The Morgan fingerprint density at radius 3 is 2.90 bits per heavy atom. The van der Waals surface area contributed by atoms with E-state index in [0.717, 1.165) is 37.4 Å². The fraction of sp³-hybridized carbons (Fsp3) is 0.647. The van der Waals surface area contributed by atoms with E-state index in [4.69, 9.17) is 0 Å². The summed E-state index contributed by atoms with van der Waals surface area (Å²) >= 11 is 0. The normalized spacial score (nSPS) is 19.1.